The standard InChI is InChI=1S/C23H29N3O3/c1-18(2)26(17-19-7-5-4-6-8-19)23(28)22(27)25-15-13-24(14-16-25)20-9-11-21(29-3)12-10-20/h4-12,18H,13-17H2,1-3H3. The van der Waals surface area contributed by atoms with Crippen molar-refractivity contribution in [1.82, 2.24) is 9.80 Å². The van der Waals surface area contributed by atoms with Gasteiger partial charge in [-0.25, -0.2) is 0 Å². The van der Waals surface area contributed by atoms with Crippen molar-refractivity contribution >= 4 is 17.5 Å². The summed E-state index contributed by atoms with van der Waals surface area (Å²) >= 11 is 0. The summed E-state index contributed by atoms with van der Waals surface area (Å²) in [6, 6.07) is 17.6. The summed E-state index contributed by atoms with van der Waals surface area (Å²) in [4.78, 5) is 31.3. The first-order valence-corrected chi connectivity index (χ1v) is 10.0. The molecule has 1 fully saturated rings. The second-order valence-electron chi connectivity index (χ2n) is 7.49. The molecule has 1 aliphatic heterocycles. The molecular formula is C23H29N3O3. The van der Waals surface area contributed by atoms with E-state index < -0.39 is 11.8 Å². The smallest absolute Gasteiger partial charge is 0.312 e. The van der Waals surface area contributed by atoms with Gasteiger partial charge < -0.3 is 19.4 Å². The molecule has 2 aromatic rings. The van der Waals surface area contributed by atoms with Crippen molar-refractivity contribution in [2.75, 3.05) is 38.2 Å². The average Bonchev–Trinajstić information content (AvgIpc) is 2.77. The van der Waals surface area contributed by atoms with E-state index in [0.717, 1.165) is 17.0 Å². The summed E-state index contributed by atoms with van der Waals surface area (Å²) in [6.45, 7) is 6.79. The lowest BCUT2D eigenvalue weighted by atomic mass is 10.1. The minimum atomic E-state index is -0.429. The Morgan fingerprint density at radius 3 is 2.14 bits per heavy atom. The van der Waals surface area contributed by atoms with Gasteiger partial charge in [0.1, 0.15) is 5.75 Å². The highest BCUT2D eigenvalue weighted by atomic mass is 16.5. The summed E-state index contributed by atoms with van der Waals surface area (Å²) < 4.78 is 5.20. The van der Waals surface area contributed by atoms with Gasteiger partial charge in [-0.15, -0.1) is 0 Å². The predicted octanol–water partition coefficient (Wildman–Crippen LogP) is 2.78. The van der Waals surface area contributed by atoms with E-state index in [9.17, 15) is 9.59 Å². The third kappa shape index (κ3) is 5.08. The number of carbonyl (C=O) groups is 2. The van der Waals surface area contributed by atoms with E-state index in [1.54, 1.807) is 16.9 Å². The minimum absolute atomic E-state index is 0.0488. The molecule has 29 heavy (non-hydrogen) atoms. The molecule has 0 bridgehead atoms. The Labute approximate surface area is 172 Å². The molecule has 1 aliphatic rings. The Kier molecular flexibility index (Phi) is 6.75. The number of methoxy groups -OCH3 is 1. The highest BCUT2D eigenvalue weighted by molar-refractivity contribution is 6.35. The first kappa shape index (κ1) is 20.7. The van der Waals surface area contributed by atoms with Gasteiger partial charge >= 0.3 is 11.8 Å². The molecule has 0 aliphatic carbocycles. The fourth-order valence-electron chi connectivity index (χ4n) is 3.49. The predicted molar refractivity (Wildman–Crippen MR) is 114 cm³/mol. The van der Waals surface area contributed by atoms with Gasteiger partial charge in [-0.2, -0.15) is 0 Å². The van der Waals surface area contributed by atoms with Crippen LogP contribution in [0.1, 0.15) is 19.4 Å². The van der Waals surface area contributed by atoms with Gasteiger partial charge in [0, 0.05) is 44.5 Å². The van der Waals surface area contributed by atoms with E-state index in [2.05, 4.69) is 4.90 Å². The molecule has 6 nitrogen and oxygen atoms in total. The van der Waals surface area contributed by atoms with Crippen LogP contribution < -0.4 is 9.64 Å². The molecular weight excluding hydrogens is 366 g/mol. The number of hydrogen-bond acceptors (Lipinski definition) is 4. The maximum atomic E-state index is 12.9. The van der Waals surface area contributed by atoms with Crippen LogP contribution in [0.4, 0.5) is 5.69 Å². The number of carbonyl (C=O) groups excluding carboxylic acids is 2. The molecule has 154 valence electrons. The third-order valence-electron chi connectivity index (χ3n) is 5.27. The van der Waals surface area contributed by atoms with Crippen LogP contribution in [-0.4, -0.2) is 60.9 Å². The maximum absolute atomic E-state index is 12.9. The first-order valence-electron chi connectivity index (χ1n) is 10.0. The number of nitrogens with zero attached hydrogens (tertiary/aromatic N) is 3. The molecule has 0 N–H and O–H groups in total. The van der Waals surface area contributed by atoms with E-state index in [1.165, 1.54) is 0 Å². The monoisotopic (exact) mass is 395 g/mol. The minimum Gasteiger partial charge on any atom is -0.497 e. The average molecular weight is 396 g/mol. The number of ether oxygens (including phenoxy) is 1. The number of hydrogen-bond donors (Lipinski definition) is 0. The van der Waals surface area contributed by atoms with Crippen molar-refractivity contribution in [3.8, 4) is 5.75 Å². The molecule has 0 atom stereocenters. The van der Waals surface area contributed by atoms with Crippen LogP contribution in [0, 0.1) is 0 Å². The zero-order valence-corrected chi connectivity index (χ0v) is 17.4. The third-order valence-corrected chi connectivity index (χ3v) is 5.27. The Hall–Kier alpha value is -3.02. The van der Waals surface area contributed by atoms with Gasteiger partial charge in [-0.1, -0.05) is 30.3 Å². The van der Waals surface area contributed by atoms with E-state index in [4.69, 9.17) is 4.74 Å². The lowest BCUT2D eigenvalue weighted by molar-refractivity contribution is -0.153. The largest absolute Gasteiger partial charge is 0.497 e. The maximum Gasteiger partial charge on any atom is 0.312 e. The zero-order valence-electron chi connectivity index (χ0n) is 17.4. The molecule has 1 heterocycles. The van der Waals surface area contributed by atoms with Crippen molar-refractivity contribution in [3.63, 3.8) is 0 Å². The SMILES string of the molecule is COc1ccc(N2CCN(C(=O)C(=O)N(Cc3ccccc3)C(C)C)CC2)cc1. The van der Waals surface area contributed by atoms with Crippen LogP contribution in [0.3, 0.4) is 0 Å². The van der Waals surface area contributed by atoms with Gasteiger partial charge in [0.15, 0.2) is 0 Å². The van der Waals surface area contributed by atoms with Crippen LogP contribution in [-0.2, 0) is 16.1 Å². The van der Waals surface area contributed by atoms with Crippen LogP contribution in [0.5, 0.6) is 5.75 Å². The van der Waals surface area contributed by atoms with Crippen LogP contribution in [0.15, 0.2) is 54.6 Å². The molecule has 1 saturated heterocycles. The number of amides is 2. The summed E-state index contributed by atoms with van der Waals surface area (Å²) in [7, 11) is 1.65. The van der Waals surface area contributed by atoms with E-state index >= 15 is 0 Å². The van der Waals surface area contributed by atoms with Crippen LogP contribution in [0.25, 0.3) is 0 Å². The van der Waals surface area contributed by atoms with Crippen molar-refractivity contribution in [1.29, 1.82) is 0 Å². The second kappa shape index (κ2) is 9.45. The van der Waals surface area contributed by atoms with Gasteiger partial charge in [-0.05, 0) is 43.7 Å². The lowest BCUT2D eigenvalue weighted by Gasteiger charge is -2.37. The quantitative estimate of drug-likeness (QED) is 0.731. The summed E-state index contributed by atoms with van der Waals surface area (Å²) in [6.07, 6.45) is 0. The molecule has 0 radical (unpaired) electrons. The lowest BCUT2D eigenvalue weighted by Crippen LogP contribution is -2.54. The number of rotatable bonds is 5. The number of anilines is 1. The summed E-state index contributed by atoms with van der Waals surface area (Å²) in [5.74, 6) is -0.0221. The van der Waals surface area contributed by atoms with Crippen LogP contribution in [0.2, 0.25) is 0 Å². The first-order chi connectivity index (χ1) is 14.0. The number of piperazine rings is 1. The fourth-order valence-corrected chi connectivity index (χ4v) is 3.49. The van der Waals surface area contributed by atoms with Gasteiger partial charge in [0.05, 0.1) is 7.11 Å². The Morgan fingerprint density at radius 2 is 1.59 bits per heavy atom. The van der Waals surface area contributed by atoms with E-state index in [-0.39, 0.29) is 6.04 Å². The van der Waals surface area contributed by atoms with Crippen molar-refractivity contribution < 1.29 is 14.3 Å². The highest BCUT2D eigenvalue weighted by Crippen LogP contribution is 2.21. The molecule has 3 rings (SSSR count). The Bertz CT molecular complexity index is 813. The highest BCUT2D eigenvalue weighted by Gasteiger charge is 2.30. The molecule has 0 spiro atoms. The second-order valence-corrected chi connectivity index (χ2v) is 7.49. The van der Waals surface area contributed by atoms with Crippen molar-refractivity contribution in [2.24, 2.45) is 0 Å². The topological polar surface area (TPSA) is 53.1 Å². The molecule has 2 amide bonds. The fraction of sp³-hybridized carbons (Fsp3) is 0.391. The molecule has 0 unspecified atom stereocenters. The van der Waals surface area contributed by atoms with Gasteiger partial charge in [-0.3, -0.25) is 9.59 Å². The normalized spacial score (nSPS) is 14.1. The van der Waals surface area contributed by atoms with E-state index in [1.807, 2.05) is 68.4 Å². The Morgan fingerprint density at radius 1 is 0.966 bits per heavy atom. The van der Waals surface area contributed by atoms with Crippen molar-refractivity contribution in [2.45, 2.75) is 26.4 Å². The molecule has 0 aromatic heterocycles. The van der Waals surface area contributed by atoms with Crippen LogP contribution >= 0.6 is 0 Å². The summed E-state index contributed by atoms with van der Waals surface area (Å²) in [5.41, 5.74) is 2.11. The molecule has 6 heteroatoms. The van der Waals surface area contributed by atoms with Gasteiger partial charge in [0.25, 0.3) is 0 Å². The van der Waals surface area contributed by atoms with Gasteiger partial charge in [0.2, 0.25) is 0 Å². The van der Waals surface area contributed by atoms with E-state index in [0.29, 0.717) is 32.7 Å². The zero-order chi connectivity index (χ0) is 20.8. The van der Waals surface area contributed by atoms with Crippen molar-refractivity contribution in [3.05, 3.63) is 60.2 Å². The summed E-state index contributed by atoms with van der Waals surface area (Å²) in [5, 5.41) is 0. The molecule has 0 saturated carbocycles. The Balaban J connectivity index is 1.60. The molecule has 2 aromatic carbocycles. The number of benzene rings is 2.